The summed E-state index contributed by atoms with van der Waals surface area (Å²) >= 11 is 0. The summed E-state index contributed by atoms with van der Waals surface area (Å²) in [6, 6.07) is 7.65. The SMILES string of the molecule is CC(C)(C)CC1CC(=O)Nc2c(C#N)cccc2N1. The Labute approximate surface area is 113 Å². The van der Waals surface area contributed by atoms with Crippen molar-refractivity contribution >= 4 is 17.3 Å². The molecule has 0 aromatic heterocycles. The summed E-state index contributed by atoms with van der Waals surface area (Å²) in [5.74, 6) is -0.0387. The van der Waals surface area contributed by atoms with E-state index in [1.807, 2.05) is 12.1 Å². The van der Waals surface area contributed by atoms with Crippen molar-refractivity contribution in [2.45, 2.75) is 39.7 Å². The van der Waals surface area contributed by atoms with Gasteiger partial charge in [-0.2, -0.15) is 5.26 Å². The summed E-state index contributed by atoms with van der Waals surface area (Å²) in [6.45, 7) is 6.47. The highest BCUT2D eigenvalue weighted by molar-refractivity contribution is 5.98. The van der Waals surface area contributed by atoms with Crippen LogP contribution in [0.3, 0.4) is 0 Å². The van der Waals surface area contributed by atoms with Crippen molar-refractivity contribution in [3.8, 4) is 6.07 Å². The van der Waals surface area contributed by atoms with Crippen LogP contribution < -0.4 is 10.6 Å². The fourth-order valence-corrected chi connectivity index (χ4v) is 2.45. The summed E-state index contributed by atoms with van der Waals surface area (Å²) in [5, 5.41) is 15.3. The van der Waals surface area contributed by atoms with E-state index in [4.69, 9.17) is 5.26 Å². The molecule has 1 amide bonds. The van der Waals surface area contributed by atoms with Crippen LogP contribution in [0.2, 0.25) is 0 Å². The zero-order valence-electron chi connectivity index (χ0n) is 11.6. The molecule has 4 heteroatoms. The van der Waals surface area contributed by atoms with Crippen LogP contribution in [0, 0.1) is 16.7 Å². The first-order valence-corrected chi connectivity index (χ1v) is 6.48. The predicted molar refractivity (Wildman–Crippen MR) is 75.9 cm³/mol. The van der Waals surface area contributed by atoms with Gasteiger partial charge in [-0.15, -0.1) is 0 Å². The maximum absolute atomic E-state index is 11.9. The number of carbonyl (C=O) groups is 1. The Kier molecular flexibility index (Phi) is 3.48. The van der Waals surface area contributed by atoms with Gasteiger partial charge in [-0.3, -0.25) is 4.79 Å². The molecular formula is C15H19N3O. The lowest BCUT2D eigenvalue weighted by Crippen LogP contribution is -2.27. The summed E-state index contributed by atoms with van der Waals surface area (Å²) in [4.78, 5) is 11.9. The van der Waals surface area contributed by atoms with Crippen molar-refractivity contribution in [3.05, 3.63) is 23.8 Å². The average Bonchev–Trinajstić information content (AvgIpc) is 2.43. The van der Waals surface area contributed by atoms with Gasteiger partial charge in [-0.05, 0) is 24.0 Å². The Balaban J connectivity index is 2.33. The minimum atomic E-state index is -0.0387. The molecule has 4 nitrogen and oxygen atoms in total. The number of fused-ring (bicyclic) bond motifs is 1. The van der Waals surface area contributed by atoms with Gasteiger partial charge in [-0.1, -0.05) is 26.8 Å². The van der Waals surface area contributed by atoms with Crippen molar-refractivity contribution < 1.29 is 4.79 Å². The Morgan fingerprint density at radius 3 is 2.79 bits per heavy atom. The van der Waals surface area contributed by atoms with Crippen LogP contribution in [-0.4, -0.2) is 11.9 Å². The minimum Gasteiger partial charge on any atom is -0.380 e. The molecule has 19 heavy (non-hydrogen) atoms. The highest BCUT2D eigenvalue weighted by atomic mass is 16.1. The number of carbonyl (C=O) groups excluding carboxylic acids is 1. The first-order valence-electron chi connectivity index (χ1n) is 6.48. The Hall–Kier alpha value is -2.02. The van der Waals surface area contributed by atoms with Crippen molar-refractivity contribution in [1.29, 1.82) is 5.26 Å². The number of nitrogens with one attached hydrogen (secondary N) is 2. The second-order valence-electron chi connectivity index (χ2n) is 6.20. The van der Waals surface area contributed by atoms with Crippen LogP contribution in [-0.2, 0) is 4.79 Å². The highest BCUT2D eigenvalue weighted by Gasteiger charge is 2.26. The van der Waals surface area contributed by atoms with E-state index in [1.165, 1.54) is 0 Å². The first kappa shape index (κ1) is 13.4. The molecular weight excluding hydrogens is 238 g/mol. The van der Waals surface area contributed by atoms with Crippen LogP contribution in [0.15, 0.2) is 18.2 Å². The minimum absolute atomic E-state index is 0.0387. The quantitative estimate of drug-likeness (QED) is 0.812. The van der Waals surface area contributed by atoms with E-state index in [2.05, 4.69) is 37.5 Å². The van der Waals surface area contributed by atoms with Gasteiger partial charge < -0.3 is 10.6 Å². The van der Waals surface area contributed by atoms with Gasteiger partial charge in [-0.25, -0.2) is 0 Å². The maximum Gasteiger partial charge on any atom is 0.226 e. The number of anilines is 2. The second kappa shape index (κ2) is 4.93. The van der Waals surface area contributed by atoms with Gasteiger partial charge in [0, 0.05) is 12.5 Å². The smallest absolute Gasteiger partial charge is 0.226 e. The second-order valence-corrected chi connectivity index (χ2v) is 6.20. The van der Waals surface area contributed by atoms with Gasteiger partial charge >= 0.3 is 0 Å². The van der Waals surface area contributed by atoms with Gasteiger partial charge in [0.1, 0.15) is 6.07 Å². The molecule has 1 aromatic carbocycles. The number of nitrogens with zero attached hydrogens (tertiary/aromatic N) is 1. The summed E-state index contributed by atoms with van der Waals surface area (Å²) < 4.78 is 0. The Bertz CT molecular complexity index is 537. The fraction of sp³-hybridized carbons (Fsp3) is 0.467. The van der Waals surface area contributed by atoms with Gasteiger partial charge in [0.25, 0.3) is 0 Å². The molecule has 1 unspecified atom stereocenters. The lowest BCUT2D eigenvalue weighted by atomic mass is 9.87. The third-order valence-electron chi connectivity index (χ3n) is 3.10. The third kappa shape index (κ3) is 3.25. The topological polar surface area (TPSA) is 64.9 Å². The molecule has 2 N–H and O–H groups in total. The lowest BCUT2D eigenvalue weighted by molar-refractivity contribution is -0.116. The first-order chi connectivity index (χ1) is 8.89. The molecule has 1 atom stereocenters. The highest BCUT2D eigenvalue weighted by Crippen LogP contribution is 2.32. The largest absolute Gasteiger partial charge is 0.380 e. The molecule has 100 valence electrons. The molecule has 0 bridgehead atoms. The lowest BCUT2D eigenvalue weighted by Gasteiger charge is -2.25. The van der Waals surface area contributed by atoms with E-state index in [1.54, 1.807) is 6.07 Å². The van der Waals surface area contributed by atoms with E-state index in [0.717, 1.165) is 12.1 Å². The number of hydrogen-bond acceptors (Lipinski definition) is 3. The molecule has 2 rings (SSSR count). The molecule has 0 radical (unpaired) electrons. The number of benzene rings is 1. The summed E-state index contributed by atoms with van der Waals surface area (Å²) in [7, 11) is 0. The molecule has 0 fully saturated rings. The van der Waals surface area contributed by atoms with E-state index in [-0.39, 0.29) is 17.4 Å². The Morgan fingerprint density at radius 2 is 2.16 bits per heavy atom. The summed E-state index contributed by atoms with van der Waals surface area (Å²) in [5.41, 5.74) is 2.08. The van der Waals surface area contributed by atoms with E-state index in [9.17, 15) is 4.79 Å². The van der Waals surface area contributed by atoms with E-state index in [0.29, 0.717) is 17.7 Å². The van der Waals surface area contributed by atoms with Gasteiger partial charge in [0.15, 0.2) is 0 Å². The number of hydrogen-bond donors (Lipinski definition) is 2. The van der Waals surface area contributed by atoms with Crippen LogP contribution in [0.4, 0.5) is 11.4 Å². The standard InChI is InChI=1S/C15H19N3O/c1-15(2,3)8-11-7-13(19)18-14-10(9-16)5-4-6-12(14)17-11/h4-6,11,17H,7-8H2,1-3H3,(H,18,19). The monoisotopic (exact) mass is 257 g/mol. The van der Waals surface area contributed by atoms with Crippen molar-refractivity contribution in [3.63, 3.8) is 0 Å². The normalized spacial score (nSPS) is 18.6. The van der Waals surface area contributed by atoms with Crippen LogP contribution >= 0.6 is 0 Å². The fourth-order valence-electron chi connectivity index (χ4n) is 2.45. The van der Waals surface area contributed by atoms with Crippen molar-refractivity contribution in [2.75, 3.05) is 10.6 Å². The van der Waals surface area contributed by atoms with E-state index < -0.39 is 0 Å². The molecule has 1 heterocycles. The van der Waals surface area contributed by atoms with Crippen LogP contribution in [0.25, 0.3) is 0 Å². The molecule has 1 aromatic rings. The Morgan fingerprint density at radius 1 is 1.42 bits per heavy atom. The number of para-hydroxylation sites is 1. The van der Waals surface area contributed by atoms with Crippen LogP contribution in [0.1, 0.15) is 39.2 Å². The predicted octanol–water partition coefficient (Wildman–Crippen LogP) is 3.12. The third-order valence-corrected chi connectivity index (χ3v) is 3.10. The zero-order valence-corrected chi connectivity index (χ0v) is 11.6. The van der Waals surface area contributed by atoms with Crippen molar-refractivity contribution in [2.24, 2.45) is 5.41 Å². The molecule has 0 spiro atoms. The number of rotatable bonds is 1. The molecule has 0 aliphatic carbocycles. The molecule has 1 aliphatic rings. The zero-order chi connectivity index (χ0) is 14.0. The summed E-state index contributed by atoms with van der Waals surface area (Å²) in [6.07, 6.45) is 1.33. The number of nitriles is 1. The van der Waals surface area contributed by atoms with E-state index >= 15 is 0 Å². The number of amides is 1. The van der Waals surface area contributed by atoms with Gasteiger partial charge in [0.2, 0.25) is 5.91 Å². The molecule has 0 saturated carbocycles. The molecule has 1 aliphatic heterocycles. The van der Waals surface area contributed by atoms with Gasteiger partial charge in [0.05, 0.1) is 16.9 Å². The maximum atomic E-state index is 11.9. The van der Waals surface area contributed by atoms with Crippen LogP contribution in [0.5, 0.6) is 0 Å². The molecule has 0 saturated heterocycles. The average molecular weight is 257 g/mol. The van der Waals surface area contributed by atoms with Crippen molar-refractivity contribution in [1.82, 2.24) is 0 Å².